The number of oxime groups is 1. The summed E-state index contributed by atoms with van der Waals surface area (Å²) < 4.78 is 25.8. The Hall–Kier alpha value is -2.20. The van der Waals surface area contributed by atoms with Crippen molar-refractivity contribution in [2.24, 2.45) is 5.16 Å². The van der Waals surface area contributed by atoms with E-state index >= 15 is 0 Å². The van der Waals surface area contributed by atoms with Crippen molar-refractivity contribution < 1.29 is 17.9 Å². The molecule has 0 radical (unpaired) electrons. The number of nitriles is 2. The molecule has 0 aromatic rings. The van der Waals surface area contributed by atoms with E-state index in [1.54, 1.807) is 12.1 Å². The van der Waals surface area contributed by atoms with E-state index < -0.39 is 16.2 Å². The van der Waals surface area contributed by atoms with Crippen molar-refractivity contribution in [2.45, 2.75) is 18.9 Å². The van der Waals surface area contributed by atoms with E-state index in [0.717, 1.165) is 6.26 Å². The van der Waals surface area contributed by atoms with Crippen molar-refractivity contribution in [2.75, 3.05) is 6.26 Å². The summed E-state index contributed by atoms with van der Waals surface area (Å²) in [5.41, 5.74) is 2.87. The average molecular weight is 296 g/mol. The molecule has 0 aliphatic heterocycles. The Bertz CT molecular complexity index is 649. The first-order chi connectivity index (χ1) is 9.41. The Morgan fingerprint density at radius 2 is 2.20 bits per heavy atom. The van der Waals surface area contributed by atoms with Crippen molar-refractivity contribution in [3.05, 3.63) is 23.3 Å². The Morgan fingerprint density at radius 3 is 2.60 bits per heavy atom. The third-order valence-corrected chi connectivity index (χ3v) is 2.83. The molecule has 106 valence electrons. The highest BCUT2D eigenvalue weighted by molar-refractivity contribution is 7.85. The normalized spacial score (nSPS) is 17.3. The minimum Gasteiger partial charge on any atom is -0.315 e. The third kappa shape index (κ3) is 4.48. The van der Waals surface area contributed by atoms with Crippen LogP contribution in [0.3, 0.4) is 0 Å². The Kier molecular flexibility index (Phi) is 5.41. The van der Waals surface area contributed by atoms with E-state index in [1.807, 2.05) is 11.5 Å². The third-order valence-electron chi connectivity index (χ3n) is 2.48. The Morgan fingerprint density at radius 1 is 1.50 bits per heavy atom. The Balaban J connectivity index is 2.94. The lowest BCUT2D eigenvalue weighted by Crippen LogP contribution is -2.27. The van der Waals surface area contributed by atoms with Crippen molar-refractivity contribution >= 4 is 15.8 Å². The second-order valence-electron chi connectivity index (χ2n) is 3.96. The van der Waals surface area contributed by atoms with Gasteiger partial charge in [0.1, 0.15) is 12.1 Å². The molecule has 0 spiro atoms. The van der Waals surface area contributed by atoms with Gasteiger partial charge in [0.15, 0.2) is 5.71 Å². The van der Waals surface area contributed by atoms with Gasteiger partial charge in [0.2, 0.25) is 0 Å². The first-order valence-corrected chi connectivity index (χ1v) is 7.29. The smallest absolute Gasteiger partial charge is 0.315 e. The maximum absolute atomic E-state index is 10.8. The summed E-state index contributed by atoms with van der Waals surface area (Å²) >= 11 is 0. The van der Waals surface area contributed by atoms with Crippen LogP contribution in [0.4, 0.5) is 0 Å². The van der Waals surface area contributed by atoms with Gasteiger partial charge in [0.25, 0.3) is 0 Å². The number of nitrogens with one attached hydrogen (secondary N) is 1. The Labute approximate surface area is 116 Å². The quantitative estimate of drug-likeness (QED) is 0.552. The SMILES string of the molecule is CS(=O)(=O)ON=C(C#N)C1=CC=C(C(C#N)NO)CC1. The predicted molar refractivity (Wildman–Crippen MR) is 68.7 cm³/mol. The van der Waals surface area contributed by atoms with Gasteiger partial charge in [0.05, 0.1) is 12.3 Å². The van der Waals surface area contributed by atoms with E-state index in [-0.39, 0.29) is 5.71 Å². The molecule has 0 bridgehead atoms. The molecule has 1 aliphatic rings. The maximum Gasteiger partial charge on any atom is 0.325 e. The summed E-state index contributed by atoms with van der Waals surface area (Å²) in [5, 5.41) is 29.8. The molecule has 1 unspecified atom stereocenters. The van der Waals surface area contributed by atoms with Gasteiger partial charge in [-0.3, -0.25) is 4.28 Å². The van der Waals surface area contributed by atoms with Gasteiger partial charge in [0, 0.05) is 0 Å². The molecule has 0 heterocycles. The highest BCUT2D eigenvalue weighted by Crippen LogP contribution is 2.22. The molecule has 0 aromatic carbocycles. The summed E-state index contributed by atoms with van der Waals surface area (Å²) in [6, 6.07) is 2.80. The molecule has 1 rings (SSSR count). The molecule has 9 heteroatoms. The zero-order valence-corrected chi connectivity index (χ0v) is 11.4. The number of rotatable bonds is 5. The second kappa shape index (κ2) is 6.82. The minimum absolute atomic E-state index is 0.142. The molecule has 0 saturated carbocycles. The predicted octanol–water partition coefficient (Wildman–Crippen LogP) is 0.360. The number of nitrogens with zero attached hydrogens (tertiary/aromatic N) is 3. The second-order valence-corrected chi connectivity index (χ2v) is 5.51. The standard InChI is InChI=1S/C11H12N4O4S/c1-20(17,18)19-15-11(7-13)9-4-2-8(3-5-9)10(6-12)14-16/h2,4,10,14,16H,3,5H2,1H3. The fourth-order valence-electron chi connectivity index (χ4n) is 1.54. The number of allylic oxidation sites excluding steroid dienone is 3. The fourth-order valence-corrected chi connectivity index (χ4v) is 1.75. The molecule has 0 aromatic heterocycles. The van der Waals surface area contributed by atoms with Gasteiger partial charge in [-0.25, -0.2) is 0 Å². The van der Waals surface area contributed by atoms with E-state index in [0.29, 0.717) is 24.0 Å². The average Bonchev–Trinajstić information content (AvgIpc) is 2.41. The monoisotopic (exact) mass is 296 g/mol. The minimum atomic E-state index is -3.77. The van der Waals surface area contributed by atoms with Crippen molar-refractivity contribution in [1.82, 2.24) is 5.48 Å². The highest BCUT2D eigenvalue weighted by atomic mass is 32.2. The zero-order valence-electron chi connectivity index (χ0n) is 10.6. The van der Waals surface area contributed by atoms with Crippen LogP contribution >= 0.6 is 0 Å². The van der Waals surface area contributed by atoms with Gasteiger partial charge in [-0.15, -0.1) is 0 Å². The van der Waals surface area contributed by atoms with Crippen molar-refractivity contribution in [3.8, 4) is 12.1 Å². The molecule has 0 saturated heterocycles. The molecule has 0 amide bonds. The van der Waals surface area contributed by atoms with Crippen LogP contribution in [0.25, 0.3) is 0 Å². The van der Waals surface area contributed by atoms with Gasteiger partial charge >= 0.3 is 10.1 Å². The molecule has 0 fully saturated rings. The number of hydroxylamine groups is 1. The van der Waals surface area contributed by atoms with Crippen LogP contribution in [0.5, 0.6) is 0 Å². The summed E-state index contributed by atoms with van der Waals surface area (Å²) in [6.45, 7) is 0. The first-order valence-electron chi connectivity index (χ1n) is 5.47. The molecule has 8 nitrogen and oxygen atoms in total. The molecular weight excluding hydrogens is 284 g/mol. The first kappa shape index (κ1) is 15.9. The van der Waals surface area contributed by atoms with Crippen LogP contribution in [-0.4, -0.2) is 31.6 Å². The number of hydrogen-bond donors (Lipinski definition) is 2. The molecule has 20 heavy (non-hydrogen) atoms. The fraction of sp³-hybridized carbons (Fsp3) is 0.364. The van der Waals surface area contributed by atoms with Gasteiger partial charge in [-0.05, 0) is 24.0 Å². The molecular formula is C11H12N4O4S. The molecule has 2 N–H and O–H groups in total. The summed E-state index contributed by atoms with van der Waals surface area (Å²) in [5.74, 6) is 0. The van der Waals surface area contributed by atoms with Gasteiger partial charge in [-0.2, -0.15) is 24.4 Å². The van der Waals surface area contributed by atoms with Crippen LogP contribution < -0.4 is 5.48 Å². The largest absolute Gasteiger partial charge is 0.325 e. The molecule has 1 atom stereocenters. The maximum atomic E-state index is 10.8. The lowest BCUT2D eigenvalue weighted by atomic mass is 9.92. The highest BCUT2D eigenvalue weighted by Gasteiger charge is 2.18. The zero-order chi connectivity index (χ0) is 15.2. The summed E-state index contributed by atoms with van der Waals surface area (Å²) in [6.07, 6.45) is 4.74. The lowest BCUT2D eigenvalue weighted by molar-refractivity contribution is 0.156. The van der Waals surface area contributed by atoms with E-state index in [9.17, 15) is 8.42 Å². The van der Waals surface area contributed by atoms with E-state index in [2.05, 4.69) is 9.44 Å². The summed E-state index contributed by atoms with van der Waals surface area (Å²) in [4.78, 5) is 0. The topological polar surface area (TPSA) is 136 Å². The summed E-state index contributed by atoms with van der Waals surface area (Å²) in [7, 11) is -3.77. The van der Waals surface area contributed by atoms with Crippen molar-refractivity contribution in [3.63, 3.8) is 0 Å². The van der Waals surface area contributed by atoms with E-state index in [1.165, 1.54) is 6.08 Å². The van der Waals surface area contributed by atoms with Gasteiger partial charge < -0.3 is 5.21 Å². The van der Waals surface area contributed by atoms with Gasteiger partial charge in [-0.1, -0.05) is 17.3 Å². The van der Waals surface area contributed by atoms with Crippen LogP contribution in [0, 0.1) is 22.7 Å². The number of hydrogen-bond acceptors (Lipinski definition) is 8. The van der Waals surface area contributed by atoms with Crippen LogP contribution in [0.15, 0.2) is 28.5 Å². The van der Waals surface area contributed by atoms with Crippen LogP contribution in [0.1, 0.15) is 12.8 Å². The molecule has 1 aliphatic carbocycles. The van der Waals surface area contributed by atoms with Crippen LogP contribution in [-0.2, 0) is 14.4 Å². The van der Waals surface area contributed by atoms with Crippen molar-refractivity contribution in [1.29, 1.82) is 10.5 Å². The lowest BCUT2D eigenvalue weighted by Gasteiger charge is -2.16. The van der Waals surface area contributed by atoms with Crippen LogP contribution in [0.2, 0.25) is 0 Å². The van der Waals surface area contributed by atoms with E-state index in [4.69, 9.17) is 15.7 Å².